The van der Waals surface area contributed by atoms with Gasteiger partial charge in [0.1, 0.15) is 0 Å². The monoisotopic (exact) mass is 328 g/mol. The fraction of sp³-hybridized carbons (Fsp3) is 0.474. The van der Waals surface area contributed by atoms with Gasteiger partial charge in [-0.25, -0.2) is 5.84 Å². The van der Waals surface area contributed by atoms with Gasteiger partial charge in [-0.15, -0.1) is 0 Å². The van der Waals surface area contributed by atoms with E-state index in [9.17, 15) is 4.79 Å². The van der Waals surface area contributed by atoms with Crippen LogP contribution in [0.1, 0.15) is 63.0 Å². The molecule has 1 aromatic heterocycles. The molecule has 1 aromatic carbocycles. The van der Waals surface area contributed by atoms with Gasteiger partial charge in [-0.2, -0.15) is 5.10 Å². The summed E-state index contributed by atoms with van der Waals surface area (Å²) in [5, 5.41) is 7.09. The number of aromatic amines is 1. The Balaban J connectivity index is 2.01. The van der Waals surface area contributed by atoms with Crippen LogP contribution in [0.15, 0.2) is 30.5 Å². The number of carbonyl (C=O) groups is 1. The Kier molecular flexibility index (Phi) is 7.00. The van der Waals surface area contributed by atoms with Gasteiger partial charge in [0.15, 0.2) is 0 Å². The quantitative estimate of drug-likeness (QED) is 0.284. The van der Waals surface area contributed by atoms with E-state index in [2.05, 4.69) is 46.8 Å². The minimum atomic E-state index is -0.345. The lowest BCUT2D eigenvalue weighted by Crippen LogP contribution is -2.33. The van der Waals surface area contributed by atoms with Gasteiger partial charge in [-0.05, 0) is 30.9 Å². The summed E-state index contributed by atoms with van der Waals surface area (Å²) in [6.45, 7) is 4.06. The molecule has 0 aliphatic rings. The van der Waals surface area contributed by atoms with E-state index in [-0.39, 0.29) is 11.8 Å². The SMILES string of the molecule is CCCCCCCc1ccc(-c2[nH]ncc2C(C)C(=O)NN)cc1. The van der Waals surface area contributed by atoms with Gasteiger partial charge >= 0.3 is 0 Å². The van der Waals surface area contributed by atoms with Gasteiger partial charge in [0.25, 0.3) is 0 Å². The number of H-pyrrole nitrogens is 1. The van der Waals surface area contributed by atoms with Gasteiger partial charge in [-0.3, -0.25) is 15.3 Å². The average molecular weight is 328 g/mol. The molecular formula is C19H28N4O. The summed E-state index contributed by atoms with van der Waals surface area (Å²) in [5.74, 6) is 4.67. The Morgan fingerprint density at radius 2 is 1.92 bits per heavy atom. The molecule has 0 bridgehead atoms. The molecule has 5 heteroatoms. The van der Waals surface area contributed by atoms with Crippen molar-refractivity contribution in [3.63, 3.8) is 0 Å². The maximum absolute atomic E-state index is 11.8. The van der Waals surface area contributed by atoms with Crippen LogP contribution in [-0.4, -0.2) is 16.1 Å². The fourth-order valence-electron chi connectivity index (χ4n) is 2.89. The van der Waals surface area contributed by atoms with Gasteiger partial charge in [0.05, 0.1) is 17.8 Å². The Morgan fingerprint density at radius 3 is 2.58 bits per heavy atom. The minimum absolute atomic E-state index is 0.221. The molecule has 5 nitrogen and oxygen atoms in total. The number of hydrogen-bond acceptors (Lipinski definition) is 3. The normalized spacial score (nSPS) is 12.1. The van der Waals surface area contributed by atoms with Gasteiger partial charge in [0, 0.05) is 5.56 Å². The molecule has 0 spiro atoms. The number of aromatic nitrogens is 2. The van der Waals surface area contributed by atoms with Gasteiger partial charge in [0.2, 0.25) is 5.91 Å². The summed E-state index contributed by atoms with van der Waals surface area (Å²) in [5.41, 5.74) is 6.31. The Labute approximate surface area is 144 Å². The van der Waals surface area contributed by atoms with Gasteiger partial charge < -0.3 is 0 Å². The smallest absolute Gasteiger partial charge is 0.241 e. The first-order valence-corrected chi connectivity index (χ1v) is 8.80. The molecule has 0 radical (unpaired) electrons. The molecule has 0 aliphatic heterocycles. The van der Waals surface area contributed by atoms with Crippen molar-refractivity contribution in [1.29, 1.82) is 0 Å². The van der Waals surface area contributed by atoms with E-state index in [1.54, 1.807) is 6.20 Å². The first kappa shape index (κ1) is 18.2. The molecule has 0 aliphatic carbocycles. The van der Waals surface area contributed by atoms with Crippen LogP contribution in [0.4, 0.5) is 0 Å². The molecule has 0 fully saturated rings. The van der Waals surface area contributed by atoms with Gasteiger partial charge in [-0.1, -0.05) is 56.9 Å². The predicted molar refractivity (Wildman–Crippen MR) is 97.2 cm³/mol. The molecule has 130 valence electrons. The number of nitrogens with two attached hydrogens (primary N) is 1. The van der Waals surface area contributed by atoms with Crippen molar-refractivity contribution in [3.05, 3.63) is 41.6 Å². The van der Waals surface area contributed by atoms with Crippen LogP contribution in [0.25, 0.3) is 11.3 Å². The van der Waals surface area contributed by atoms with E-state index in [0.717, 1.165) is 23.2 Å². The zero-order chi connectivity index (χ0) is 17.4. The maximum atomic E-state index is 11.8. The number of nitrogens with zero attached hydrogens (tertiary/aromatic N) is 1. The molecule has 1 unspecified atom stereocenters. The summed E-state index contributed by atoms with van der Waals surface area (Å²) in [4.78, 5) is 11.8. The van der Waals surface area contributed by atoms with Crippen molar-refractivity contribution in [2.24, 2.45) is 5.84 Å². The van der Waals surface area contributed by atoms with Crippen LogP contribution in [0, 0.1) is 0 Å². The largest absolute Gasteiger partial charge is 0.294 e. The lowest BCUT2D eigenvalue weighted by molar-refractivity contribution is -0.122. The van der Waals surface area contributed by atoms with E-state index in [1.165, 1.54) is 37.7 Å². The third-order valence-corrected chi connectivity index (χ3v) is 4.48. The lowest BCUT2D eigenvalue weighted by Gasteiger charge is -2.10. The number of rotatable bonds is 9. The van der Waals surface area contributed by atoms with Crippen LogP contribution >= 0.6 is 0 Å². The third-order valence-electron chi connectivity index (χ3n) is 4.48. The molecule has 1 heterocycles. The summed E-state index contributed by atoms with van der Waals surface area (Å²) < 4.78 is 0. The maximum Gasteiger partial charge on any atom is 0.241 e. The zero-order valence-electron chi connectivity index (χ0n) is 14.6. The fourth-order valence-corrected chi connectivity index (χ4v) is 2.89. The van der Waals surface area contributed by atoms with E-state index >= 15 is 0 Å². The molecule has 24 heavy (non-hydrogen) atoms. The van der Waals surface area contributed by atoms with Crippen LogP contribution in [0.5, 0.6) is 0 Å². The van der Waals surface area contributed by atoms with E-state index in [4.69, 9.17) is 5.84 Å². The summed E-state index contributed by atoms with van der Waals surface area (Å²) in [6, 6.07) is 8.50. The van der Waals surface area contributed by atoms with Crippen LogP contribution in [-0.2, 0) is 11.2 Å². The minimum Gasteiger partial charge on any atom is -0.294 e. The van der Waals surface area contributed by atoms with Crippen LogP contribution in [0.3, 0.4) is 0 Å². The number of benzene rings is 1. The topological polar surface area (TPSA) is 83.8 Å². The number of unbranched alkanes of at least 4 members (excludes halogenated alkanes) is 4. The van der Waals surface area contributed by atoms with Crippen molar-refractivity contribution < 1.29 is 4.79 Å². The Morgan fingerprint density at radius 1 is 1.21 bits per heavy atom. The zero-order valence-corrected chi connectivity index (χ0v) is 14.6. The highest BCUT2D eigenvalue weighted by atomic mass is 16.2. The van der Waals surface area contributed by atoms with Crippen LogP contribution in [0.2, 0.25) is 0 Å². The second-order valence-electron chi connectivity index (χ2n) is 6.29. The highest BCUT2D eigenvalue weighted by Gasteiger charge is 2.20. The summed E-state index contributed by atoms with van der Waals surface area (Å²) >= 11 is 0. The van der Waals surface area contributed by atoms with Crippen molar-refractivity contribution in [2.75, 3.05) is 0 Å². The second-order valence-corrected chi connectivity index (χ2v) is 6.29. The lowest BCUT2D eigenvalue weighted by atomic mass is 9.96. The molecule has 0 saturated carbocycles. The highest BCUT2D eigenvalue weighted by Crippen LogP contribution is 2.27. The molecule has 2 rings (SSSR count). The van der Waals surface area contributed by atoms with E-state index < -0.39 is 0 Å². The summed E-state index contributed by atoms with van der Waals surface area (Å²) in [7, 11) is 0. The third kappa shape index (κ3) is 4.68. The first-order chi connectivity index (χ1) is 11.7. The number of amides is 1. The molecular weight excluding hydrogens is 300 g/mol. The number of aryl methyl sites for hydroxylation is 1. The van der Waals surface area contributed by atoms with Crippen molar-refractivity contribution in [3.8, 4) is 11.3 Å². The van der Waals surface area contributed by atoms with E-state index in [0.29, 0.717) is 0 Å². The number of carbonyl (C=O) groups excluding carboxylic acids is 1. The number of hydrazine groups is 1. The average Bonchev–Trinajstić information content (AvgIpc) is 3.10. The van der Waals surface area contributed by atoms with Crippen molar-refractivity contribution in [1.82, 2.24) is 15.6 Å². The number of hydrogen-bond donors (Lipinski definition) is 3. The second kappa shape index (κ2) is 9.23. The molecule has 1 amide bonds. The first-order valence-electron chi connectivity index (χ1n) is 8.80. The Hall–Kier alpha value is -2.14. The molecule has 0 saturated heterocycles. The molecule has 1 atom stereocenters. The molecule has 2 aromatic rings. The van der Waals surface area contributed by atoms with E-state index in [1.807, 2.05) is 6.92 Å². The Bertz CT molecular complexity index is 633. The summed E-state index contributed by atoms with van der Waals surface area (Å²) in [6.07, 6.45) is 9.28. The van der Waals surface area contributed by atoms with Crippen molar-refractivity contribution >= 4 is 5.91 Å². The number of nitrogens with one attached hydrogen (secondary N) is 2. The predicted octanol–water partition coefficient (Wildman–Crippen LogP) is 3.68. The standard InChI is InChI=1S/C19H28N4O/c1-3-4-5-6-7-8-15-9-11-16(12-10-15)18-17(13-21-23-18)14(2)19(24)22-20/h9-14H,3-8,20H2,1-2H3,(H,21,23)(H,22,24). The van der Waals surface area contributed by atoms with Crippen LogP contribution < -0.4 is 11.3 Å². The highest BCUT2D eigenvalue weighted by molar-refractivity contribution is 5.85. The molecule has 4 N–H and O–H groups in total. The van der Waals surface area contributed by atoms with Crippen molar-refractivity contribution in [2.45, 2.75) is 58.3 Å².